The standard InChI is InChI=1S/C8H12O4/c1-3-7(8(11)12-2)6(4-9)5-10/h4-7H,3H2,1-2H3/t7-/m0/s1. The minimum atomic E-state index is -0.873. The molecule has 0 bridgehead atoms. The van der Waals surface area contributed by atoms with Gasteiger partial charge in [-0.2, -0.15) is 0 Å². The molecule has 4 nitrogen and oxygen atoms in total. The molecule has 0 aromatic rings. The van der Waals surface area contributed by atoms with Crippen molar-refractivity contribution >= 4 is 18.5 Å². The van der Waals surface area contributed by atoms with Gasteiger partial charge in [-0.05, 0) is 6.42 Å². The second kappa shape index (κ2) is 5.46. The number of carbonyl (C=O) groups excluding carboxylic acids is 3. The van der Waals surface area contributed by atoms with Gasteiger partial charge in [0.25, 0.3) is 0 Å². The summed E-state index contributed by atoms with van der Waals surface area (Å²) in [4.78, 5) is 31.6. The summed E-state index contributed by atoms with van der Waals surface area (Å²) in [6.07, 6.45) is 1.37. The Bertz CT molecular complexity index is 168. The fourth-order valence-electron chi connectivity index (χ4n) is 0.969. The van der Waals surface area contributed by atoms with Crippen LogP contribution in [0.25, 0.3) is 0 Å². The van der Waals surface area contributed by atoms with E-state index >= 15 is 0 Å². The van der Waals surface area contributed by atoms with Gasteiger partial charge >= 0.3 is 5.97 Å². The van der Waals surface area contributed by atoms with Gasteiger partial charge in [0.05, 0.1) is 18.9 Å². The highest BCUT2D eigenvalue weighted by atomic mass is 16.5. The lowest BCUT2D eigenvalue weighted by Gasteiger charge is -2.13. The molecule has 0 aromatic heterocycles. The SMILES string of the molecule is CC[C@H](C(=O)OC)C(C=O)C=O. The Morgan fingerprint density at radius 1 is 1.42 bits per heavy atom. The molecule has 0 amide bonds. The maximum Gasteiger partial charge on any atom is 0.309 e. The first-order valence-corrected chi connectivity index (χ1v) is 3.69. The third-order valence-electron chi connectivity index (χ3n) is 1.72. The number of rotatable bonds is 5. The van der Waals surface area contributed by atoms with Crippen LogP contribution in [0.1, 0.15) is 13.3 Å². The van der Waals surface area contributed by atoms with Gasteiger partial charge in [0.1, 0.15) is 12.6 Å². The maximum atomic E-state index is 11.0. The van der Waals surface area contributed by atoms with Crippen molar-refractivity contribution in [2.75, 3.05) is 7.11 Å². The smallest absolute Gasteiger partial charge is 0.309 e. The van der Waals surface area contributed by atoms with Crippen molar-refractivity contribution in [1.29, 1.82) is 0 Å². The van der Waals surface area contributed by atoms with Gasteiger partial charge in [0.2, 0.25) is 0 Å². The van der Waals surface area contributed by atoms with Gasteiger partial charge < -0.3 is 14.3 Å². The molecule has 0 saturated heterocycles. The van der Waals surface area contributed by atoms with Crippen LogP contribution >= 0.6 is 0 Å². The molecule has 0 unspecified atom stereocenters. The van der Waals surface area contributed by atoms with Crippen LogP contribution in [0.4, 0.5) is 0 Å². The van der Waals surface area contributed by atoms with Gasteiger partial charge in [-0.3, -0.25) is 4.79 Å². The number of carbonyl (C=O) groups is 3. The van der Waals surface area contributed by atoms with E-state index < -0.39 is 17.8 Å². The van der Waals surface area contributed by atoms with E-state index in [9.17, 15) is 14.4 Å². The Labute approximate surface area is 70.9 Å². The summed E-state index contributed by atoms with van der Waals surface area (Å²) in [5.41, 5.74) is 0. The summed E-state index contributed by atoms with van der Waals surface area (Å²) in [6, 6.07) is 0. The van der Waals surface area contributed by atoms with Crippen LogP contribution in [0.15, 0.2) is 0 Å². The lowest BCUT2D eigenvalue weighted by Crippen LogP contribution is -2.26. The summed E-state index contributed by atoms with van der Waals surface area (Å²) < 4.78 is 4.43. The summed E-state index contributed by atoms with van der Waals surface area (Å²) in [5, 5.41) is 0. The molecule has 0 aromatic carbocycles. The molecular formula is C8H12O4. The average molecular weight is 172 g/mol. The molecule has 1 atom stereocenters. The highest BCUT2D eigenvalue weighted by Crippen LogP contribution is 2.13. The van der Waals surface area contributed by atoms with E-state index in [0.29, 0.717) is 19.0 Å². The Kier molecular flexibility index (Phi) is 4.92. The van der Waals surface area contributed by atoms with Gasteiger partial charge in [-0.1, -0.05) is 6.92 Å². The van der Waals surface area contributed by atoms with E-state index in [2.05, 4.69) is 4.74 Å². The van der Waals surface area contributed by atoms with Crippen LogP contribution in [0.2, 0.25) is 0 Å². The van der Waals surface area contributed by atoms with Gasteiger partial charge in [0.15, 0.2) is 0 Å². The van der Waals surface area contributed by atoms with E-state index in [-0.39, 0.29) is 0 Å². The number of esters is 1. The minimum Gasteiger partial charge on any atom is -0.469 e. The van der Waals surface area contributed by atoms with E-state index in [1.54, 1.807) is 6.92 Å². The minimum absolute atomic E-state index is 0.425. The predicted molar refractivity (Wildman–Crippen MR) is 41.4 cm³/mol. The van der Waals surface area contributed by atoms with Crippen molar-refractivity contribution in [3.05, 3.63) is 0 Å². The van der Waals surface area contributed by atoms with Gasteiger partial charge in [-0.15, -0.1) is 0 Å². The molecule has 0 aliphatic heterocycles. The monoisotopic (exact) mass is 172 g/mol. The third-order valence-corrected chi connectivity index (χ3v) is 1.72. The van der Waals surface area contributed by atoms with Crippen molar-refractivity contribution in [3.8, 4) is 0 Å². The predicted octanol–water partition coefficient (Wildman–Crippen LogP) is 0.200. The first-order valence-electron chi connectivity index (χ1n) is 3.69. The second-order valence-electron chi connectivity index (χ2n) is 2.39. The molecule has 68 valence electrons. The molecule has 0 rings (SSSR count). The van der Waals surface area contributed by atoms with Crippen molar-refractivity contribution < 1.29 is 19.1 Å². The molecule has 0 spiro atoms. The number of methoxy groups -OCH3 is 1. The Morgan fingerprint density at radius 3 is 2.17 bits per heavy atom. The third kappa shape index (κ3) is 2.45. The van der Waals surface area contributed by atoms with Crippen molar-refractivity contribution in [2.45, 2.75) is 13.3 Å². The zero-order valence-corrected chi connectivity index (χ0v) is 7.15. The van der Waals surface area contributed by atoms with Crippen LogP contribution in [0.3, 0.4) is 0 Å². The molecule has 0 radical (unpaired) electrons. The first kappa shape index (κ1) is 10.8. The molecule has 0 aliphatic rings. The van der Waals surface area contributed by atoms with Crippen molar-refractivity contribution in [1.82, 2.24) is 0 Å². The highest BCUT2D eigenvalue weighted by Gasteiger charge is 2.26. The maximum absolute atomic E-state index is 11.0. The zero-order chi connectivity index (χ0) is 9.56. The van der Waals surface area contributed by atoms with Crippen LogP contribution in [0, 0.1) is 11.8 Å². The van der Waals surface area contributed by atoms with Crippen molar-refractivity contribution in [3.63, 3.8) is 0 Å². The highest BCUT2D eigenvalue weighted by molar-refractivity contribution is 5.86. The van der Waals surface area contributed by atoms with E-state index in [1.165, 1.54) is 7.11 Å². The number of hydrogen-bond acceptors (Lipinski definition) is 4. The fraction of sp³-hybridized carbons (Fsp3) is 0.625. The Hall–Kier alpha value is -1.19. The van der Waals surface area contributed by atoms with Crippen LogP contribution < -0.4 is 0 Å². The Morgan fingerprint density at radius 2 is 1.92 bits per heavy atom. The molecular weight excluding hydrogens is 160 g/mol. The molecule has 0 N–H and O–H groups in total. The molecule has 0 aliphatic carbocycles. The molecule has 0 saturated carbocycles. The van der Waals surface area contributed by atoms with E-state index in [0.717, 1.165) is 0 Å². The number of aldehydes is 2. The normalized spacial score (nSPS) is 12.2. The number of hydrogen-bond donors (Lipinski definition) is 0. The average Bonchev–Trinajstić information content (AvgIpc) is 2.12. The first-order chi connectivity index (χ1) is 5.71. The summed E-state index contributed by atoms with van der Waals surface area (Å²) in [6.45, 7) is 1.72. The Balaban J connectivity index is 4.39. The summed E-state index contributed by atoms with van der Waals surface area (Å²) in [5.74, 6) is -2.02. The van der Waals surface area contributed by atoms with Crippen LogP contribution in [0.5, 0.6) is 0 Å². The van der Waals surface area contributed by atoms with Gasteiger partial charge in [0, 0.05) is 0 Å². The van der Waals surface area contributed by atoms with E-state index in [1.807, 2.05) is 0 Å². The van der Waals surface area contributed by atoms with Crippen molar-refractivity contribution in [2.24, 2.45) is 11.8 Å². The molecule has 4 heteroatoms. The zero-order valence-electron chi connectivity index (χ0n) is 7.15. The molecule has 0 fully saturated rings. The quantitative estimate of drug-likeness (QED) is 0.337. The molecule has 12 heavy (non-hydrogen) atoms. The largest absolute Gasteiger partial charge is 0.469 e. The lowest BCUT2D eigenvalue weighted by atomic mass is 9.92. The lowest BCUT2D eigenvalue weighted by molar-refractivity contribution is -0.149. The second-order valence-corrected chi connectivity index (χ2v) is 2.39. The van der Waals surface area contributed by atoms with E-state index in [4.69, 9.17) is 0 Å². The summed E-state index contributed by atoms with van der Waals surface area (Å²) in [7, 11) is 1.23. The van der Waals surface area contributed by atoms with Crippen LogP contribution in [-0.2, 0) is 19.1 Å². The van der Waals surface area contributed by atoms with Crippen LogP contribution in [-0.4, -0.2) is 25.7 Å². The van der Waals surface area contributed by atoms with Gasteiger partial charge in [-0.25, -0.2) is 0 Å². The summed E-state index contributed by atoms with van der Waals surface area (Å²) >= 11 is 0. The number of ether oxygens (including phenoxy) is 1. The fourth-order valence-corrected chi connectivity index (χ4v) is 0.969. The molecule has 0 heterocycles. The topological polar surface area (TPSA) is 60.4 Å².